The van der Waals surface area contributed by atoms with Gasteiger partial charge >= 0.3 is 6.18 Å². The number of carbonyl (C=O) groups is 1. The lowest BCUT2D eigenvalue weighted by molar-refractivity contribution is -0.218. The molecule has 2 aliphatic heterocycles. The number of anilines is 2. The molecule has 4 heterocycles. The highest BCUT2D eigenvalue weighted by Gasteiger charge is 2.57. The van der Waals surface area contributed by atoms with Crippen LogP contribution in [0.25, 0.3) is 5.57 Å². The zero-order valence-corrected chi connectivity index (χ0v) is 16.9. The average Bonchev–Trinajstić information content (AvgIpc) is 3.19. The highest BCUT2D eigenvalue weighted by Crippen LogP contribution is 2.45. The Hall–Kier alpha value is -2.91. The Morgan fingerprint density at radius 3 is 2.67 bits per heavy atom. The number of hydrogen-bond acceptors (Lipinski definition) is 5. The van der Waals surface area contributed by atoms with Crippen LogP contribution < -0.4 is 5.32 Å². The SMILES string of the molecule is Cn1cc(Nc2nccc(C3=CC4CCC(C3)N4C(=O)C(C)(C)C(F)(F)F)n2)cn1. The van der Waals surface area contributed by atoms with Gasteiger partial charge < -0.3 is 10.2 Å². The number of nitrogens with zero attached hydrogens (tertiary/aromatic N) is 5. The lowest BCUT2D eigenvalue weighted by Gasteiger charge is -2.39. The van der Waals surface area contributed by atoms with Crippen molar-refractivity contribution in [2.24, 2.45) is 12.5 Å². The maximum Gasteiger partial charge on any atom is 0.402 e. The van der Waals surface area contributed by atoms with Gasteiger partial charge in [0.1, 0.15) is 5.41 Å². The molecule has 0 aliphatic carbocycles. The van der Waals surface area contributed by atoms with Gasteiger partial charge in [-0.15, -0.1) is 0 Å². The number of alkyl halides is 3. The molecule has 2 aromatic rings. The second-order valence-corrected chi connectivity index (χ2v) is 8.32. The lowest BCUT2D eigenvalue weighted by Crippen LogP contribution is -2.53. The van der Waals surface area contributed by atoms with Crippen molar-refractivity contribution in [3.05, 3.63) is 36.4 Å². The Morgan fingerprint density at radius 2 is 2.03 bits per heavy atom. The van der Waals surface area contributed by atoms with E-state index in [0.29, 0.717) is 30.9 Å². The Kier molecular flexibility index (Phi) is 4.82. The van der Waals surface area contributed by atoms with Crippen LogP contribution in [-0.4, -0.2) is 48.8 Å². The largest absolute Gasteiger partial charge is 0.402 e. The molecule has 2 atom stereocenters. The highest BCUT2D eigenvalue weighted by molar-refractivity contribution is 5.85. The van der Waals surface area contributed by atoms with Crippen LogP contribution in [0.1, 0.15) is 38.8 Å². The summed E-state index contributed by atoms with van der Waals surface area (Å²) in [7, 11) is 1.80. The van der Waals surface area contributed by atoms with E-state index in [2.05, 4.69) is 20.4 Å². The maximum absolute atomic E-state index is 13.4. The number of rotatable bonds is 4. The van der Waals surface area contributed by atoms with Gasteiger partial charge in [0.15, 0.2) is 0 Å². The third-order valence-electron chi connectivity index (χ3n) is 5.82. The molecule has 1 saturated heterocycles. The molecular weight excluding hydrogens is 397 g/mol. The fourth-order valence-electron chi connectivity index (χ4n) is 3.99. The summed E-state index contributed by atoms with van der Waals surface area (Å²) in [6, 6.07) is 1.17. The molecule has 7 nitrogen and oxygen atoms in total. The average molecular weight is 420 g/mol. The topological polar surface area (TPSA) is 75.9 Å². The van der Waals surface area contributed by atoms with Crippen LogP contribution in [0.5, 0.6) is 0 Å². The van der Waals surface area contributed by atoms with Crippen molar-refractivity contribution in [3.63, 3.8) is 0 Å². The monoisotopic (exact) mass is 420 g/mol. The predicted octanol–water partition coefficient (Wildman–Crippen LogP) is 3.69. The smallest absolute Gasteiger partial charge is 0.332 e. The van der Waals surface area contributed by atoms with Crippen LogP contribution in [0, 0.1) is 5.41 Å². The number of aryl methyl sites for hydroxylation is 1. The van der Waals surface area contributed by atoms with Gasteiger partial charge in [0.25, 0.3) is 0 Å². The number of carbonyl (C=O) groups excluding carboxylic acids is 1. The first-order valence-electron chi connectivity index (χ1n) is 9.75. The fourth-order valence-corrected chi connectivity index (χ4v) is 3.99. The summed E-state index contributed by atoms with van der Waals surface area (Å²) in [6.07, 6.45) is 4.17. The van der Waals surface area contributed by atoms with E-state index in [4.69, 9.17) is 0 Å². The van der Waals surface area contributed by atoms with Crippen molar-refractivity contribution in [2.45, 2.75) is 51.4 Å². The first-order chi connectivity index (χ1) is 14.1. The molecule has 0 radical (unpaired) electrons. The molecule has 0 spiro atoms. The number of nitrogens with one attached hydrogen (secondary N) is 1. The Labute approximate surface area is 172 Å². The van der Waals surface area contributed by atoms with E-state index in [-0.39, 0.29) is 12.1 Å². The van der Waals surface area contributed by atoms with Crippen LogP contribution in [0.3, 0.4) is 0 Å². The molecule has 0 aromatic carbocycles. The van der Waals surface area contributed by atoms with Crippen molar-refractivity contribution >= 4 is 23.1 Å². The van der Waals surface area contributed by atoms with Gasteiger partial charge in [0, 0.05) is 25.5 Å². The summed E-state index contributed by atoms with van der Waals surface area (Å²) < 4.78 is 41.8. The van der Waals surface area contributed by atoms with Gasteiger partial charge in [-0.05, 0) is 44.7 Å². The Balaban J connectivity index is 1.56. The summed E-state index contributed by atoms with van der Waals surface area (Å²) >= 11 is 0. The van der Waals surface area contributed by atoms with Gasteiger partial charge in [-0.25, -0.2) is 9.97 Å². The van der Waals surface area contributed by atoms with E-state index < -0.39 is 17.5 Å². The van der Waals surface area contributed by atoms with Gasteiger partial charge in [-0.1, -0.05) is 6.08 Å². The molecular formula is C20H23F3N6O. The fraction of sp³-hybridized carbons (Fsp3) is 0.500. The van der Waals surface area contributed by atoms with Crippen molar-refractivity contribution in [2.75, 3.05) is 5.32 Å². The van der Waals surface area contributed by atoms with Gasteiger partial charge in [-0.3, -0.25) is 9.48 Å². The molecule has 160 valence electrons. The van der Waals surface area contributed by atoms with Crippen molar-refractivity contribution in [1.82, 2.24) is 24.6 Å². The minimum atomic E-state index is -4.59. The molecule has 10 heteroatoms. The van der Waals surface area contributed by atoms with Gasteiger partial charge in [-0.2, -0.15) is 18.3 Å². The van der Waals surface area contributed by atoms with Crippen molar-refractivity contribution in [1.29, 1.82) is 0 Å². The third-order valence-corrected chi connectivity index (χ3v) is 5.82. The van der Waals surface area contributed by atoms with E-state index in [1.54, 1.807) is 36.4 Å². The number of aromatic nitrogens is 4. The van der Waals surface area contributed by atoms with E-state index in [1.807, 2.05) is 6.08 Å². The second kappa shape index (κ2) is 7.10. The summed E-state index contributed by atoms with van der Waals surface area (Å²) in [4.78, 5) is 23.0. The molecule has 1 N–H and O–H groups in total. The van der Waals surface area contributed by atoms with Crippen molar-refractivity contribution < 1.29 is 18.0 Å². The lowest BCUT2D eigenvalue weighted by atomic mass is 9.88. The quantitative estimate of drug-likeness (QED) is 0.817. The van der Waals surface area contributed by atoms with Crippen molar-refractivity contribution in [3.8, 4) is 0 Å². The van der Waals surface area contributed by atoms with E-state index in [0.717, 1.165) is 25.1 Å². The van der Waals surface area contributed by atoms with Crippen LogP contribution in [0.4, 0.5) is 24.8 Å². The first kappa shape index (κ1) is 20.4. The summed E-state index contributed by atoms with van der Waals surface area (Å²) in [6.45, 7) is 1.91. The number of halogens is 3. The van der Waals surface area contributed by atoms with E-state index in [1.165, 1.54) is 4.90 Å². The zero-order chi connectivity index (χ0) is 21.7. The minimum absolute atomic E-state index is 0.256. The number of amides is 1. The molecule has 2 bridgehead atoms. The maximum atomic E-state index is 13.4. The van der Waals surface area contributed by atoms with Crippen LogP contribution in [0.2, 0.25) is 0 Å². The normalized spacial score (nSPS) is 21.5. The Morgan fingerprint density at radius 1 is 1.27 bits per heavy atom. The van der Waals surface area contributed by atoms with Crippen LogP contribution in [0.15, 0.2) is 30.7 Å². The second-order valence-electron chi connectivity index (χ2n) is 8.32. The molecule has 2 unspecified atom stereocenters. The minimum Gasteiger partial charge on any atom is -0.332 e. The summed E-state index contributed by atoms with van der Waals surface area (Å²) in [5, 5.41) is 7.17. The van der Waals surface area contributed by atoms with E-state index in [9.17, 15) is 18.0 Å². The van der Waals surface area contributed by atoms with Crippen LogP contribution >= 0.6 is 0 Å². The number of fused-ring (bicyclic) bond motifs is 2. The molecule has 4 rings (SSSR count). The molecule has 1 amide bonds. The highest BCUT2D eigenvalue weighted by atomic mass is 19.4. The third kappa shape index (κ3) is 3.54. The Bertz CT molecular complexity index is 996. The molecule has 2 aliphatic rings. The van der Waals surface area contributed by atoms with E-state index >= 15 is 0 Å². The van der Waals surface area contributed by atoms with Gasteiger partial charge in [0.05, 0.1) is 23.6 Å². The predicted molar refractivity (Wildman–Crippen MR) is 105 cm³/mol. The molecule has 0 saturated carbocycles. The van der Waals surface area contributed by atoms with Crippen LogP contribution in [-0.2, 0) is 11.8 Å². The number of hydrogen-bond donors (Lipinski definition) is 1. The first-order valence-corrected chi connectivity index (χ1v) is 9.75. The standard InChI is InChI=1S/C20H23F3N6O/c1-19(2,20(21,22)23)17(30)29-14-4-5-15(29)9-12(8-14)16-6-7-24-18(27-16)26-13-10-25-28(3)11-13/h6-8,10-11,14-15H,4-5,9H2,1-3H3,(H,24,26,27). The zero-order valence-electron chi connectivity index (χ0n) is 16.9. The summed E-state index contributed by atoms with van der Waals surface area (Å²) in [5.74, 6) is -0.454. The molecule has 1 fully saturated rings. The molecule has 2 aromatic heterocycles. The summed E-state index contributed by atoms with van der Waals surface area (Å²) in [5.41, 5.74) is -0.0310. The van der Waals surface area contributed by atoms with Gasteiger partial charge in [0.2, 0.25) is 11.9 Å². The molecule has 30 heavy (non-hydrogen) atoms.